The quantitative estimate of drug-likeness (QED) is 0.181. The number of carbonyl (C=O) groups excluding carboxylic acids is 3. The maximum atomic E-state index is 14.0. The van der Waals surface area contributed by atoms with Gasteiger partial charge >= 0.3 is 11.0 Å². The van der Waals surface area contributed by atoms with Crippen molar-refractivity contribution in [3.8, 4) is 5.75 Å². The molecule has 2 aliphatic carbocycles. The summed E-state index contributed by atoms with van der Waals surface area (Å²) in [5.74, 6) is -4.02. The van der Waals surface area contributed by atoms with Gasteiger partial charge in [-0.25, -0.2) is 4.39 Å². The predicted octanol–water partition coefficient (Wildman–Crippen LogP) is 6.29. The Hall–Kier alpha value is -4.43. The molecule has 14 heteroatoms. The number of hydrogen-bond donors (Lipinski definition) is 2. The zero-order valence-electron chi connectivity index (χ0n) is 24.7. The summed E-state index contributed by atoms with van der Waals surface area (Å²) in [5.41, 5.74) is 0.0799. The van der Waals surface area contributed by atoms with E-state index in [2.05, 4.69) is 10.3 Å². The third kappa shape index (κ3) is 4.95. The van der Waals surface area contributed by atoms with Crippen molar-refractivity contribution < 1.29 is 36.7 Å². The van der Waals surface area contributed by atoms with Crippen LogP contribution in [0.1, 0.15) is 28.3 Å². The first-order valence-electron chi connectivity index (χ1n) is 15.2. The molecule has 4 aromatic rings. The van der Waals surface area contributed by atoms with Crippen molar-refractivity contribution in [3.63, 3.8) is 0 Å². The van der Waals surface area contributed by atoms with E-state index < -0.39 is 53.0 Å². The molecule has 4 aliphatic rings. The molecule has 246 valence electrons. The summed E-state index contributed by atoms with van der Waals surface area (Å²) >= 11 is 2.55. The number of imide groups is 1. The summed E-state index contributed by atoms with van der Waals surface area (Å²) in [5, 5.41) is 3.18. The van der Waals surface area contributed by atoms with Crippen LogP contribution in [0.2, 0.25) is 0 Å². The van der Waals surface area contributed by atoms with Gasteiger partial charge in [0, 0.05) is 27.3 Å². The first kappa shape index (κ1) is 30.9. The lowest BCUT2D eigenvalue weighted by molar-refractivity contribution is -0.137. The third-order valence-corrected chi connectivity index (χ3v) is 12.5. The summed E-state index contributed by atoms with van der Waals surface area (Å²) in [6.45, 7) is -0.351. The maximum absolute atomic E-state index is 14.0. The van der Waals surface area contributed by atoms with Crippen molar-refractivity contribution in [2.24, 2.45) is 29.6 Å². The summed E-state index contributed by atoms with van der Waals surface area (Å²) in [6.07, 6.45) is -4.05. The fourth-order valence-electron chi connectivity index (χ4n) is 8.18. The molecule has 0 unspecified atom stereocenters. The van der Waals surface area contributed by atoms with E-state index in [1.807, 2.05) is 12.1 Å². The molecule has 0 radical (unpaired) electrons. The number of nitrogens with zero attached hydrogens (tertiary/aromatic N) is 1. The fourth-order valence-corrected chi connectivity index (χ4v) is 11.1. The molecule has 3 heterocycles. The monoisotopic (exact) mass is 695 g/mol. The van der Waals surface area contributed by atoms with Gasteiger partial charge < -0.3 is 15.0 Å². The van der Waals surface area contributed by atoms with Crippen LogP contribution >= 0.6 is 23.1 Å². The number of ether oxygens (including phenoxy) is 1. The molecule has 3 aromatic carbocycles. The molecule has 2 aliphatic heterocycles. The summed E-state index contributed by atoms with van der Waals surface area (Å²) in [4.78, 5) is 57.7. The SMILES string of the molecule is O=C(COc1ccccc1[C@@H]1c2sc(=O)[nH]c2S[C@@H]2[C@@H]3C[C@@H]([C@@H]4C(=O)N(c5cccc(C(F)(F)F)c5)C(=O)[C@@H]34)[C@H]12)Nc1ccc(F)cc1. The van der Waals surface area contributed by atoms with E-state index in [-0.39, 0.29) is 40.2 Å². The number of thioether (sulfide) groups is 1. The van der Waals surface area contributed by atoms with Gasteiger partial charge in [-0.1, -0.05) is 35.6 Å². The Balaban J connectivity index is 1.12. The number of benzene rings is 3. The van der Waals surface area contributed by atoms with Crippen LogP contribution in [0.5, 0.6) is 5.75 Å². The highest BCUT2D eigenvalue weighted by Gasteiger charge is 2.70. The Labute approximate surface area is 278 Å². The van der Waals surface area contributed by atoms with E-state index in [9.17, 15) is 36.7 Å². The van der Waals surface area contributed by atoms with E-state index >= 15 is 0 Å². The van der Waals surface area contributed by atoms with Gasteiger partial charge in [-0.3, -0.25) is 24.1 Å². The van der Waals surface area contributed by atoms with E-state index in [0.717, 1.165) is 38.8 Å². The maximum Gasteiger partial charge on any atom is 0.416 e. The molecule has 7 atom stereocenters. The Kier molecular flexibility index (Phi) is 7.29. The van der Waals surface area contributed by atoms with E-state index in [0.29, 0.717) is 22.9 Å². The minimum absolute atomic E-state index is 0.0955. The Morgan fingerprint density at radius 3 is 2.44 bits per heavy atom. The van der Waals surface area contributed by atoms with Crippen LogP contribution in [0, 0.1) is 35.4 Å². The molecule has 48 heavy (non-hydrogen) atoms. The highest BCUT2D eigenvalue weighted by molar-refractivity contribution is 8.00. The number of rotatable bonds is 6. The van der Waals surface area contributed by atoms with Gasteiger partial charge in [0.15, 0.2) is 6.61 Å². The number of aromatic nitrogens is 1. The van der Waals surface area contributed by atoms with Gasteiger partial charge in [-0.15, -0.1) is 11.8 Å². The average Bonchev–Trinajstić information content (AvgIpc) is 3.79. The molecule has 2 bridgehead atoms. The number of nitrogens with one attached hydrogen (secondary N) is 2. The number of para-hydroxylation sites is 1. The number of fused-ring (bicyclic) bond motifs is 9. The van der Waals surface area contributed by atoms with Crippen LogP contribution < -0.4 is 19.8 Å². The van der Waals surface area contributed by atoms with Crippen LogP contribution in [0.25, 0.3) is 0 Å². The van der Waals surface area contributed by atoms with Gasteiger partial charge in [0.2, 0.25) is 11.8 Å². The minimum atomic E-state index is -4.64. The van der Waals surface area contributed by atoms with Gasteiger partial charge in [0.05, 0.1) is 28.1 Å². The Morgan fingerprint density at radius 2 is 1.69 bits per heavy atom. The normalized spacial score (nSPS) is 27.1. The Bertz CT molecular complexity index is 2030. The fraction of sp³-hybridized carbons (Fsp3) is 0.294. The lowest BCUT2D eigenvalue weighted by Crippen LogP contribution is -2.42. The average molecular weight is 696 g/mol. The lowest BCUT2D eigenvalue weighted by atomic mass is 9.68. The topological polar surface area (TPSA) is 109 Å². The number of halogens is 4. The van der Waals surface area contributed by atoms with E-state index in [1.54, 1.807) is 12.1 Å². The van der Waals surface area contributed by atoms with Gasteiger partial charge in [-0.05, 0) is 72.7 Å². The molecular formula is C34H25F4N3O5S2. The lowest BCUT2D eigenvalue weighted by Gasteiger charge is -2.43. The highest BCUT2D eigenvalue weighted by Crippen LogP contribution is 2.69. The largest absolute Gasteiger partial charge is 0.483 e. The standard InChI is InChI=1S/C34H25F4N3O5S2/c35-16-8-10-17(11-9-16)39-23(42)14-46-22-7-2-1-6-19(22)24-25-20-13-21(28(25)47-30-29(24)48-33(45)40-30)27-26(20)31(43)41(32(27)44)18-5-3-4-15(12-18)34(36,37)38/h1-12,20-21,24-28H,13-14H2,(H,39,42)(H,40,45)/t20-,21-,24+,25-,26+,27+,28-/m1/s1. The number of aromatic amines is 1. The second-order valence-electron chi connectivity index (χ2n) is 12.4. The van der Waals surface area contributed by atoms with Crippen LogP contribution in [-0.4, -0.2) is 34.6 Å². The number of amides is 3. The molecular weight excluding hydrogens is 671 g/mol. The van der Waals surface area contributed by atoms with E-state index in [4.69, 9.17) is 4.74 Å². The second kappa shape index (κ2) is 11.3. The predicted molar refractivity (Wildman–Crippen MR) is 169 cm³/mol. The summed E-state index contributed by atoms with van der Waals surface area (Å²) in [6, 6.07) is 16.8. The first-order valence-corrected chi connectivity index (χ1v) is 16.9. The van der Waals surface area contributed by atoms with Crippen LogP contribution in [0.3, 0.4) is 0 Å². The van der Waals surface area contributed by atoms with Crippen molar-refractivity contribution in [2.75, 3.05) is 16.8 Å². The summed E-state index contributed by atoms with van der Waals surface area (Å²) in [7, 11) is 0. The number of anilines is 2. The highest BCUT2D eigenvalue weighted by atomic mass is 32.2. The van der Waals surface area contributed by atoms with Crippen molar-refractivity contribution in [2.45, 2.75) is 28.8 Å². The van der Waals surface area contributed by atoms with Crippen molar-refractivity contribution in [3.05, 3.63) is 104 Å². The van der Waals surface area contributed by atoms with Crippen LogP contribution in [0.4, 0.5) is 28.9 Å². The number of carbonyl (C=O) groups is 3. The molecule has 1 aromatic heterocycles. The van der Waals surface area contributed by atoms with Crippen molar-refractivity contribution >= 4 is 52.2 Å². The molecule has 2 N–H and O–H groups in total. The minimum Gasteiger partial charge on any atom is -0.483 e. The van der Waals surface area contributed by atoms with Gasteiger partial charge in [0.1, 0.15) is 11.6 Å². The van der Waals surface area contributed by atoms with E-state index in [1.165, 1.54) is 48.2 Å². The zero-order valence-corrected chi connectivity index (χ0v) is 26.3. The smallest absolute Gasteiger partial charge is 0.416 e. The molecule has 8 rings (SSSR count). The zero-order chi connectivity index (χ0) is 33.5. The molecule has 8 nitrogen and oxygen atoms in total. The molecule has 3 amide bonds. The van der Waals surface area contributed by atoms with Crippen LogP contribution in [0.15, 0.2) is 82.6 Å². The molecule has 0 spiro atoms. The second-order valence-corrected chi connectivity index (χ2v) is 14.6. The molecule has 1 saturated heterocycles. The van der Waals surface area contributed by atoms with Gasteiger partial charge in [-0.2, -0.15) is 13.2 Å². The number of H-pyrrole nitrogens is 1. The van der Waals surface area contributed by atoms with Crippen molar-refractivity contribution in [1.29, 1.82) is 0 Å². The van der Waals surface area contributed by atoms with Crippen LogP contribution in [-0.2, 0) is 20.6 Å². The first-order chi connectivity index (χ1) is 23.0. The van der Waals surface area contributed by atoms with Crippen molar-refractivity contribution in [1.82, 2.24) is 4.98 Å². The third-order valence-electron chi connectivity index (χ3n) is 9.90. The number of alkyl halides is 3. The Morgan fingerprint density at radius 1 is 0.958 bits per heavy atom. The van der Waals surface area contributed by atoms with Gasteiger partial charge in [0.25, 0.3) is 5.91 Å². The molecule has 2 saturated carbocycles. The number of thiazole rings is 1. The molecule has 3 fully saturated rings. The summed E-state index contributed by atoms with van der Waals surface area (Å²) < 4.78 is 59.9. The number of hydrogen-bond acceptors (Lipinski definition) is 7.